The average Bonchev–Trinajstić information content (AvgIpc) is 2.08. The first-order chi connectivity index (χ1) is 6.22. The van der Waals surface area contributed by atoms with Gasteiger partial charge in [-0.1, -0.05) is 0 Å². The van der Waals surface area contributed by atoms with Crippen molar-refractivity contribution in [1.82, 2.24) is 5.32 Å². The Labute approximate surface area is 78.3 Å². The van der Waals surface area contributed by atoms with Crippen LogP contribution in [0.15, 0.2) is 0 Å². The normalized spacial score (nSPS) is 26.6. The fourth-order valence-corrected chi connectivity index (χ4v) is 1.40. The third kappa shape index (κ3) is 3.74. The predicted octanol–water partition coefficient (Wildman–Crippen LogP) is 0.0525. The van der Waals surface area contributed by atoms with Crippen LogP contribution in [0.4, 0.5) is 0 Å². The molecule has 0 amide bonds. The molecular weight excluding hydrogens is 170 g/mol. The minimum Gasteiger partial charge on any atom is -0.469 e. The maximum Gasteiger partial charge on any atom is 0.305 e. The standard InChI is InChI=1S/C9H17NO3/c1-13-9(12)3-2-4-10-7-5-8(11)6-7/h7-8,10-11H,2-6H2,1H3. The number of hydrogen-bond donors (Lipinski definition) is 2. The van der Waals surface area contributed by atoms with Crippen LogP contribution in [-0.4, -0.2) is 36.9 Å². The van der Waals surface area contributed by atoms with Gasteiger partial charge in [-0.15, -0.1) is 0 Å². The monoisotopic (exact) mass is 187 g/mol. The van der Waals surface area contributed by atoms with Gasteiger partial charge in [0.05, 0.1) is 13.2 Å². The molecule has 0 unspecified atom stereocenters. The van der Waals surface area contributed by atoms with Gasteiger partial charge in [0.25, 0.3) is 0 Å². The SMILES string of the molecule is COC(=O)CCCNC1CC(O)C1. The van der Waals surface area contributed by atoms with Crippen molar-refractivity contribution in [2.75, 3.05) is 13.7 Å². The molecule has 1 aliphatic rings. The van der Waals surface area contributed by atoms with E-state index < -0.39 is 0 Å². The minimum atomic E-state index is -0.157. The quantitative estimate of drug-likeness (QED) is 0.472. The number of methoxy groups -OCH3 is 1. The van der Waals surface area contributed by atoms with E-state index in [4.69, 9.17) is 5.11 Å². The van der Waals surface area contributed by atoms with Crippen molar-refractivity contribution in [1.29, 1.82) is 0 Å². The molecule has 4 heteroatoms. The first-order valence-electron chi connectivity index (χ1n) is 4.70. The van der Waals surface area contributed by atoms with Crippen LogP contribution in [0.5, 0.6) is 0 Å². The first kappa shape index (κ1) is 10.5. The van der Waals surface area contributed by atoms with Crippen LogP contribution >= 0.6 is 0 Å². The summed E-state index contributed by atoms with van der Waals surface area (Å²) in [6, 6.07) is 0.452. The van der Waals surface area contributed by atoms with Gasteiger partial charge in [-0.3, -0.25) is 4.79 Å². The van der Waals surface area contributed by atoms with Crippen LogP contribution < -0.4 is 5.32 Å². The smallest absolute Gasteiger partial charge is 0.305 e. The Morgan fingerprint density at radius 2 is 2.31 bits per heavy atom. The Kier molecular flexibility index (Phi) is 4.18. The van der Waals surface area contributed by atoms with E-state index in [1.54, 1.807) is 0 Å². The van der Waals surface area contributed by atoms with E-state index >= 15 is 0 Å². The molecule has 0 aromatic carbocycles. The van der Waals surface area contributed by atoms with E-state index in [1.165, 1.54) is 7.11 Å². The fourth-order valence-electron chi connectivity index (χ4n) is 1.40. The number of nitrogens with one attached hydrogen (secondary N) is 1. The van der Waals surface area contributed by atoms with Crippen LogP contribution in [-0.2, 0) is 9.53 Å². The van der Waals surface area contributed by atoms with Crippen LogP contribution in [0.3, 0.4) is 0 Å². The molecule has 0 spiro atoms. The molecule has 0 aliphatic heterocycles. The number of hydrogen-bond acceptors (Lipinski definition) is 4. The minimum absolute atomic E-state index is 0.113. The van der Waals surface area contributed by atoms with Crippen molar-refractivity contribution in [3.8, 4) is 0 Å². The average molecular weight is 187 g/mol. The number of ether oxygens (including phenoxy) is 1. The molecule has 0 atom stereocenters. The number of carbonyl (C=O) groups is 1. The largest absolute Gasteiger partial charge is 0.469 e. The van der Waals surface area contributed by atoms with Gasteiger partial charge in [0.15, 0.2) is 0 Å². The van der Waals surface area contributed by atoms with Crippen LogP contribution in [0.2, 0.25) is 0 Å². The van der Waals surface area contributed by atoms with Gasteiger partial charge in [-0.05, 0) is 25.8 Å². The van der Waals surface area contributed by atoms with Crippen molar-refractivity contribution in [2.45, 2.75) is 37.8 Å². The molecule has 13 heavy (non-hydrogen) atoms. The molecule has 0 saturated heterocycles. The fraction of sp³-hybridized carbons (Fsp3) is 0.889. The Balaban J connectivity index is 1.87. The van der Waals surface area contributed by atoms with Gasteiger partial charge in [0.2, 0.25) is 0 Å². The highest BCUT2D eigenvalue weighted by molar-refractivity contribution is 5.69. The molecule has 1 saturated carbocycles. The Morgan fingerprint density at radius 3 is 2.85 bits per heavy atom. The number of rotatable bonds is 5. The third-order valence-electron chi connectivity index (χ3n) is 2.33. The van der Waals surface area contributed by atoms with Gasteiger partial charge >= 0.3 is 5.97 Å². The maximum atomic E-state index is 10.7. The molecule has 2 N–H and O–H groups in total. The zero-order chi connectivity index (χ0) is 9.68. The van der Waals surface area contributed by atoms with Crippen LogP contribution in [0, 0.1) is 0 Å². The summed E-state index contributed by atoms with van der Waals surface area (Å²) in [5.41, 5.74) is 0. The maximum absolute atomic E-state index is 10.7. The van der Waals surface area contributed by atoms with E-state index in [2.05, 4.69) is 10.1 Å². The van der Waals surface area contributed by atoms with Gasteiger partial charge in [-0.25, -0.2) is 0 Å². The summed E-state index contributed by atoms with van der Waals surface area (Å²) in [7, 11) is 1.40. The highest BCUT2D eigenvalue weighted by Gasteiger charge is 2.25. The molecule has 0 aromatic rings. The predicted molar refractivity (Wildman–Crippen MR) is 48.3 cm³/mol. The summed E-state index contributed by atoms with van der Waals surface area (Å²) in [5.74, 6) is -0.157. The number of esters is 1. The third-order valence-corrected chi connectivity index (χ3v) is 2.33. The lowest BCUT2D eigenvalue weighted by molar-refractivity contribution is -0.140. The molecule has 0 bridgehead atoms. The van der Waals surface area contributed by atoms with Gasteiger partial charge in [0, 0.05) is 12.5 Å². The van der Waals surface area contributed by atoms with E-state index in [-0.39, 0.29) is 12.1 Å². The summed E-state index contributed by atoms with van der Waals surface area (Å²) in [6.45, 7) is 0.826. The number of carbonyl (C=O) groups excluding carboxylic acids is 1. The van der Waals surface area contributed by atoms with Crippen molar-refractivity contribution >= 4 is 5.97 Å². The Hall–Kier alpha value is -0.610. The molecule has 1 aliphatic carbocycles. The molecule has 0 radical (unpaired) electrons. The number of aliphatic hydroxyl groups excluding tert-OH is 1. The zero-order valence-electron chi connectivity index (χ0n) is 7.95. The molecular formula is C9H17NO3. The molecule has 4 nitrogen and oxygen atoms in total. The van der Waals surface area contributed by atoms with E-state index in [9.17, 15) is 4.79 Å². The van der Waals surface area contributed by atoms with Crippen molar-refractivity contribution in [3.63, 3.8) is 0 Å². The highest BCUT2D eigenvalue weighted by atomic mass is 16.5. The zero-order valence-corrected chi connectivity index (χ0v) is 7.95. The lowest BCUT2D eigenvalue weighted by Gasteiger charge is -2.32. The van der Waals surface area contributed by atoms with Gasteiger partial charge in [-0.2, -0.15) is 0 Å². The topological polar surface area (TPSA) is 58.6 Å². The van der Waals surface area contributed by atoms with E-state index in [0.717, 1.165) is 25.8 Å². The highest BCUT2D eigenvalue weighted by Crippen LogP contribution is 2.18. The second-order valence-corrected chi connectivity index (χ2v) is 3.46. The number of aliphatic hydroxyl groups is 1. The van der Waals surface area contributed by atoms with Crippen molar-refractivity contribution < 1.29 is 14.6 Å². The van der Waals surface area contributed by atoms with Crippen molar-refractivity contribution in [2.24, 2.45) is 0 Å². The molecule has 0 aromatic heterocycles. The molecule has 0 heterocycles. The second kappa shape index (κ2) is 5.19. The first-order valence-corrected chi connectivity index (χ1v) is 4.70. The lowest BCUT2D eigenvalue weighted by Crippen LogP contribution is -2.44. The molecule has 1 rings (SSSR count). The van der Waals surface area contributed by atoms with Crippen molar-refractivity contribution in [3.05, 3.63) is 0 Å². The lowest BCUT2D eigenvalue weighted by atomic mass is 9.89. The summed E-state index contributed by atoms with van der Waals surface area (Å²) in [4.78, 5) is 10.7. The second-order valence-electron chi connectivity index (χ2n) is 3.46. The van der Waals surface area contributed by atoms with E-state index in [0.29, 0.717) is 12.5 Å². The Morgan fingerprint density at radius 1 is 1.62 bits per heavy atom. The summed E-state index contributed by atoms with van der Waals surface area (Å²) in [5, 5.41) is 12.2. The van der Waals surface area contributed by atoms with Gasteiger partial charge in [0.1, 0.15) is 0 Å². The summed E-state index contributed by atoms with van der Waals surface area (Å²) < 4.78 is 4.51. The summed E-state index contributed by atoms with van der Waals surface area (Å²) in [6.07, 6.45) is 2.85. The summed E-state index contributed by atoms with van der Waals surface area (Å²) >= 11 is 0. The van der Waals surface area contributed by atoms with Crippen LogP contribution in [0.1, 0.15) is 25.7 Å². The van der Waals surface area contributed by atoms with Crippen LogP contribution in [0.25, 0.3) is 0 Å². The molecule has 76 valence electrons. The molecule has 1 fully saturated rings. The van der Waals surface area contributed by atoms with Gasteiger partial charge < -0.3 is 15.2 Å². The Bertz CT molecular complexity index is 166. The van der Waals surface area contributed by atoms with E-state index in [1.807, 2.05) is 0 Å².